The van der Waals surface area contributed by atoms with Gasteiger partial charge in [-0.25, -0.2) is 13.1 Å². The molecule has 3 saturated heterocycles. The van der Waals surface area contributed by atoms with Crippen molar-refractivity contribution in [1.82, 2.24) is 19.6 Å². The van der Waals surface area contributed by atoms with Crippen LogP contribution in [0.3, 0.4) is 0 Å². The van der Waals surface area contributed by atoms with Crippen LogP contribution in [0.4, 0.5) is 28.4 Å². The van der Waals surface area contributed by atoms with Gasteiger partial charge in [0.2, 0.25) is 5.88 Å². The molecule has 0 unspecified atom stereocenters. The lowest BCUT2D eigenvalue weighted by Crippen LogP contribution is -2.54. The van der Waals surface area contributed by atoms with E-state index in [2.05, 4.69) is 56.0 Å². The molecule has 5 aliphatic heterocycles. The number of aromatic amines is 1. The molecule has 0 radical (unpaired) electrons. The summed E-state index contributed by atoms with van der Waals surface area (Å²) in [6.07, 6.45) is 11.1. The predicted molar refractivity (Wildman–Crippen MR) is 268 cm³/mol. The van der Waals surface area contributed by atoms with Crippen LogP contribution in [0.15, 0.2) is 77.8 Å². The molecule has 71 heavy (non-hydrogen) atoms. The molecule has 7 aliphatic rings. The first-order valence-corrected chi connectivity index (χ1v) is 26.9. The molecule has 2 saturated carbocycles. The second-order valence-electron chi connectivity index (χ2n) is 21.7. The lowest BCUT2D eigenvalue weighted by molar-refractivity contribution is -0.384. The van der Waals surface area contributed by atoms with Crippen LogP contribution in [0.2, 0.25) is 0 Å². The van der Waals surface area contributed by atoms with E-state index < -0.39 is 37.0 Å². The minimum absolute atomic E-state index is 0.0115. The van der Waals surface area contributed by atoms with Gasteiger partial charge in [0.15, 0.2) is 11.4 Å². The Balaban J connectivity index is 0.832. The molecule has 2 aliphatic carbocycles. The number of pyridine rings is 1. The third-order valence-corrected chi connectivity index (χ3v) is 18.5. The number of likely N-dealkylation sites (tertiary alicyclic amines) is 1. The Morgan fingerprint density at radius 2 is 1.75 bits per heavy atom. The smallest absolute Gasteiger partial charge is 0.297 e. The molecule has 1 amide bonds. The largest absolute Gasteiger partial charge is 0.489 e. The number of aryl methyl sites for hydroxylation is 1. The maximum Gasteiger partial charge on any atom is 0.297 e. The van der Waals surface area contributed by atoms with Gasteiger partial charge < -0.3 is 39.4 Å². The van der Waals surface area contributed by atoms with Crippen molar-refractivity contribution in [2.24, 2.45) is 17.3 Å². The van der Waals surface area contributed by atoms with Crippen LogP contribution in [0.25, 0.3) is 11.0 Å². The molecule has 7 heterocycles. The normalized spacial score (nSPS) is 27.4. The van der Waals surface area contributed by atoms with Crippen LogP contribution in [0.1, 0.15) is 98.7 Å². The monoisotopic (exact) mass is 986 g/mol. The number of benzene rings is 3. The van der Waals surface area contributed by atoms with E-state index in [0.29, 0.717) is 80.4 Å². The summed E-state index contributed by atoms with van der Waals surface area (Å²) in [6, 6.07) is 21.3. The standard InChI is InChI=1S/C53H62N8O9S/c1-32-6-3-4-7-39(32)42-8-5-19-59(42)37-26-53(27-37)16-20-58(21-17-53)36-9-10-40(43(23-36)60-28-35-29-68-31-47(35)70-51-45(60)22-34-13-18-54-49(34)56-51)50(62)57-71(66,67)38-24-44(61(64)65)48-46(25-38)69-30-41(55-48)33-11-14-52(2,63)15-12-33/h3-4,6-7,9-10,13,18,22-25,33,35,37,41-42,47,55,63H,5,8,11-12,14-17,19-21,26-31H2,1-2H3,(H,54,56)(H,57,62)/t33?,35-,41-,42+,47+,52?/m1/s1. The minimum atomic E-state index is -4.70. The highest BCUT2D eigenvalue weighted by Crippen LogP contribution is 2.55. The zero-order valence-corrected chi connectivity index (χ0v) is 41.1. The minimum Gasteiger partial charge on any atom is -0.489 e. The molecular formula is C53H62N8O9S. The number of nitro groups is 1. The third-order valence-electron chi connectivity index (χ3n) is 17.2. The van der Waals surface area contributed by atoms with Gasteiger partial charge in [0.05, 0.1) is 45.9 Å². The predicted octanol–water partition coefficient (Wildman–Crippen LogP) is 8.14. The Morgan fingerprint density at radius 1 is 0.944 bits per heavy atom. The number of nitrogens with zero attached hydrogens (tertiary/aromatic N) is 5. The summed E-state index contributed by atoms with van der Waals surface area (Å²) in [5.41, 5.74) is 4.75. The lowest BCUT2D eigenvalue weighted by Gasteiger charge is -2.56. The Morgan fingerprint density at radius 3 is 2.54 bits per heavy atom. The average Bonchev–Trinajstić information content (AvgIpc) is 4.12. The van der Waals surface area contributed by atoms with E-state index in [1.165, 1.54) is 42.9 Å². The van der Waals surface area contributed by atoms with Crippen molar-refractivity contribution >= 4 is 55.4 Å². The first-order chi connectivity index (χ1) is 34.2. The molecule has 3 aromatic carbocycles. The lowest BCUT2D eigenvalue weighted by atomic mass is 9.59. The quantitative estimate of drug-likeness (QED) is 0.0813. The van der Waals surface area contributed by atoms with Crippen LogP contribution >= 0.6 is 0 Å². The van der Waals surface area contributed by atoms with Crippen molar-refractivity contribution in [3.63, 3.8) is 0 Å². The molecule has 5 fully saturated rings. The number of ether oxygens (including phenoxy) is 3. The summed E-state index contributed by atoms with van der Waals surface area (Å²) in [6.45, 7) is 8.24. The number of piperidine rings is 1. The van der Waals surface area contributed by atoms with Gasteiger partial charge in [0.25, 0.3) is 21.6 Å². The number of nitrogens with one attached hydrogen (secondary N) is 3. The summed E-state index contributed by atoms with van der Waals surface area (Å²) in [7, 11) is -4.70. The van der Waals surface area contributed by atoms with E-state index in [0.717, 1.165) is 49.6 Å². The Kier molecular flexibility index (Phi) is 11.5. The highest BCUT2D eigenvalue weighted by molar-refractivity contribution is 7.90. The SMILES string of the molecule is Cc1ccccc1[C@@H]1CCCN1C1CC2(CCN(c3ccc(C(=O)NS(=O)(=O)c4cc5c(c([N+](=O)[O-])c4)N[C@@H](C4CCC(C)(O)CC4)CO5)c(N4C[C@@H]5COC[C@@H]5Oc5nc6[nH]ccc6cc54)c3)CC2)C1. The van der Waals surface area contributed by atoms with Crippen LogP contribution in [0.5, 0.6) is 11.6 Å². The average molecular weight is 987 g/mol. The molecule has 12 rings (SSSR count). The van der Waals surface area contributed by atoms with Crippen molar-refractivity contribution in [3.05, 3.63) is 99.7 Å². The van der Waals surface area contributed by atoms with E-state index in [-0.39, 0.29) is 53.0 Å². The summed E-state index contributed by atoms with van der Waals surface area (Å²) < 4.78 is 49.5. The number of nitro benzene ring substituents is 1. The Labute approximate surface area is 413 Å². The van der Waals surface area contributed by atoms with Gasteiger partial charge in [0.1, 0.15) is 24.0 Å². The number of aliphatic hydroxyl groups is 1. The van der Waals surface area contributed by atoms with E-state index in [4.69, 9.17) is 19.2 Å². The topological polar surface area (TPSA) is 205 Å². The first-order valence-electron chi connectivity index (χ1n) is 25.4. The number of rotatable bonds is 9. The van der Waals surface area contributed by atoms with Gasteiger partial charge in [-0.3, -0.25) is 19.8 Å². The number of sulfonamides is 1. The second kappa shape index (κ2) is 17.7. The fourth-order valence-electron chi connectivity index (χ4n) is 13.0. The number of anilines is 4. The van der Waals surface area contributed by atoms with E-state index >= 15 is 0 Å². The molecule has 2 aromatic heterocycles. The highest BCUT2D eigenvalue weighted by atomic mass is 32.2. The molecule has 4 N–H and O–H groups in total. The third kappa shape index (κ3) is 8.53. The van der Waals surface area contributed by atoms with Crippen molar-refractivity contribution in [1.29, 1.82) is 0 Å². The van der Waals surface area contributed by atoms with Crippen molar-refractivity contribution in [2.75, 3.05) is 61.1 Å². The van der Waals surface area contributed by atoms with E-state index in [1.54, 1.807) is 6.07 Å². The van der Waals surface area contributed by atoms with Gasteiger partial charge >= 0.3 is 0 Å². The second-order valence-corrected chi connectivity index (χ2v) is 23.4. The van der Waals surface area contributed by atoms with E-state index in [9.17, 15) is 28.4 Å². The number of carbonyl (C=O) groups is 1. The number of amides is 1. The Hall–Kier alpha value is -5.95. The van der Waals surface area contributed by atoms with Crippen LogP contribution in [0, 0.1) is 34.3 Å². The van der Waals surface area contributed by atoms with Gasteiger partial charge in [-0.1, -0.05) is 24.3 Å². The summed E-state index contributed by atoms with van der Waals surface area (Å²) in [5, 5.41) is 27.2. The van der Waals surface area contributed by atoms with Crippen molar-refractivity contribution in [2.45, 2.75) is 113 Å². The molecule has 4 atom stereocenters. The van der Waals surface area contributed by atoms with Crippen LogP contribution in [-0.2, 0) is 14.8 Å². The molecule has 1 spiro atoms. The molecule has 0 bridgehead atoms. The maximum atomic E-state index is 14.7. The number of hydrogen-bond donors (Lipinski definition) is 4. The zero-order chi connectivity index (χ0) is 48.8. The zero-order valence-electron chi connectivity index (χ0n) is 40.3. The van der Waals surface area contributed by atoms with E-state index in [1.807, 2.05) is 42.3 Å². The van der Waals surface area contributed by atoms with Crippen LogP contribution < -0.4 is 29.3 Å². The first kappa shape index (κ1) is 46.1. The number of H-pyrrole nitrogens is 1. The number of hydrogen-bond acceptors (Lipinski definition) is 14. The van der Waals surface area contributed by atoms with Gasteiger partial charge in [-0.2, -0.15) is 4.98 Å². The Bertz CT molecular complexity index is 3010. The van der Waals surface area contributed by atoms with Gasteiger partial charge in [-0.15, -0.1) is 0 Å². The maximum absolute atomic E-state index is 14.7. The number of carbonyl (C=O) groups excluding carboxylic acids is 1. The number of fused-ring (bicyclic) bond motifs is 4. The van der Waals surface area contributed by atoms with Gasteiger partial charge in [-0.05, 0) is 137 Å². The van der Waals surface area contributed by atoms with Crippen LogP contribution in [-0.4, -0.2) is 109 Å². The molecule has 374 valence electrons. The summed E-state index contributed by atoms with van der Waals surface area (Å²) in [4.78, 5) is 41.4. The highest BCUT2D eigenvalue weighted by Gasteiger charge is 2.50. The van der Waals surface area contributed by atoms with Gasteiger partial charge in [0, 0.05) is 67.0 Å². The number of aromatic nitrogens is 2. The molecular weight excluding hydrogens is 925 g/mol. The fourth-order valence-corrected chi connectivity index (χ4v) is 14.0. The summed E-state index contributed by atoms with van der Waals surface area (Å²) >= 11 is 0. The molecule has 17 nitrogen and oxygen atoms in total. The summed E-state index contributed by atoms with van der Waals surface area (Å²) in [5.74, 6) is -0.504. The van der Waals surface area contributed by atoms with Crippen molar-refractivity contribution < 1.29 is 37.5 Å². The fraction of sp³-hybridized carbons (Fsp3) is 0.509. The molecule has 5 aromatic rings. The molecule has 18 heteroatoms. The van der Waals surface area contributed by atoms with Crippen molar-refractivity contribution in [3.8, 4) is 11.6 Å².